The Kier molecular flexibility index (Phi) is 7.17. The monoisotopic (exact) mass is 578 g/mol. The van der Waals surface area contributed by atoms with E-state index >= 15 is 0 Å². The fraction of sp³-hybridized carbons (Fsp3) is 0.533. The highest BCUT2D eigenvalue weighted by Crippen LogP contribution is 2.37. The van der Waals surface area contributed by atoms with Crippen LogP contribution < -0.4 is 10.1 Å². The first-order chi connectivity index (χ1) is 19.6. The summed E-state index contributed by atoms with van der Waals surface area (Å²) >= 11 is 1.64. The number of alkyl carbamates (subject to hydrolysis) is 1. The van der Waals surface area contributed by atoms with Gasteiger partial charge in [0.15, 0.2) is 11.5 Å². The third-order valence-electron chi connectivity index (χ3n) is 8.10. The van der Waals surface area contributed by atoms with Gasteiger partial charge in [0, 0.05) is 31.2 Å². The van der Waals surface area contributed by atoms with Crippen LogP contribution in [0.1, 0.15) is 63.2 Å². The Morgan fingerprint density at radius 1 is 1.15 bits per heavy atom. The first-order valence-corrected chi connectivity index (χ1v) is 15.2. The van der Waals surface area contributed by atoms with Crippen molar-refractivity contribution in [1.29, 1.82) is 0 Å². The molecule has 11 heteroatoms. The van der Waals surface area contributed by atoms with Gasteiger partial charge in [-0.25, -0.2) is 14.8 Å². The Morgan fingerprint density at radius 3 is 2.66 bits per heavy atom. The molecule has 1 atom stereocenters. The summed E-state index contributed by atoms with van der Waals surface area (Å²) < 4.78 is 16.9. The maximum absolute atomic E-state index is 13.7. The molecule has 41 heavy (non-hydrogen) atoms. The Hall–Kier alpha value is -3.60. The summed E-state index contributed by atoms with van der Waals surface area (Å²) in [5.41, 5.74) is 5.59. The van der Waals surface area contributed by atoms with Crippen molar-refractivity contribution in [3.63, 3.8) is 0 Å². The largest absolute Gasteiger partial charge is 0.494 e. The topological polar surface area (TPSA) is 104 Å². The second kappa shape index (κ2) is 10.7. The van der Waals surface area contributed by atoms with E-state index in [1.165, 1.54) is 19.3 Å². The molecule has 0 spiro atoms. The Labute approximate surface area is 243 Å². The molecule has 3 aromatic heterocycles. The molecule has 1 saturated carbocycles. The molecule has 6 rings (SSSR count). The second-order valence-corrected chi connectivity index (χ2v) is 13.2. The van der Waals surface area contributed by atoms with Crippen LogP contribution in [0.4, 0.5) is 4.79 Å². The van der Waals surface area contributed by atoms with Crippen LogP contribution in [0.5, 0.6) is 5.75 Å². The van der Waals surface area contributed by atoms with E-state index in [0.29, 0.717) is 35.8 Å². The zero-order valence-electron chi connectivity index (χ0n) is 24.4. The summed E-state index contributed by atoms with van der Waals surface area (Å²) in [5, 5.41) is 2.83. The Balaban J connectivity index is 1.30. The highest BCUT2D eigenvalue weighted by Gasteiger charge is 2.30. The lowest BCUT2D eigenvalue weighted by Gasteiger charge is -2.33. The predicted octanol–water partition coefficient (Wildman–Crippen LogP) is 5.59. The molecular weight excluding hydrogens is 540 g/mol. The van der Waals surface area contributed by atoms with Crippen LogP contribution in [0.25, 0.3) is 32.9 Å². The highest BCUT2D eigenvalue weighted by molar-refractivity contribution is 7.16. The Bertz CT molecular complexity index is 1610. The first-order valence-electron chi connectivity index (χ1n) is 14.4. The summed E-state index contributed by atoms with van der Waals surface area (Å²) in [5.74, 6) is 1.96. The molecule has 0 unspecified atom stereocenters. The quantitative estimate of drug-likeness (QED) is 0.320. The summed E-state index contributed by atoms with van der Waals surface area (Å²) in [6.45, 7) is 7.60. The minimum Gasteiger partial charge on any atom is -0.494 e. The van der Waals surface area contributed by atoms with Crippen LogP contribution in [0, 0.1) is 5.92 Å². The van der Waals surface area contributed by atoms with Gasteiger partial charge < -0.3 is 28.8 Å². The minimum atomic E-state index is -0.460. The van der Waals surface area contributed by atoms with Crippen LogP contribution in [-0.4, -0.2) is 67.8 Å². The molecule has 10 nitrogen and oxygen atoms in total. The first kappa shape index (κ1) is 27.6. The maximum atomic E-state index is 13.7. The number of carbonyl (C=O) groups is 2. The van der Waals surface area contributed by atoms with E-state index in [9.17, 15) is 9.59 Å². The number of carbonyl (C=O) groups excluding carboxylic acids is 2. The molecule has 0 radical (unpaired) electrons. The van der Waals surface area contributed by atoms with Crippen molar-refractivity contribution >= 4 is 44.7 Å². The van der Waals surface area contributed by atoms with Gasteiger partial charge in [-0.15, -0.1) is 11.3 Å². The molecule has 2 fully saturated rings. The molecule has 1 aliphatic carbocycles. The number of imidazole rings is 1. The lowest BCUT2D eigenvalue weighted by atomic mass is 9.85. The van der Waals surface area contributed by atoms with Gasteiger partial charge in [0.2, 0.25) is 0 Å². The van der Waals surface area contributed by atoms with Gasteiger partial charge in [-0.1, -0.05) is 6.42 Å². The van der Waals surface area contributed by atoms with E-state index in [0.717, 1.165) is 46.8 Å². The number of benzene rings is 1. The summed E-state index contributed by atoms with van der Waals surface area (Å²) in [7, 11) is 3.61. The standard InChI is InChI=1S/C30H38N6O4S/c1-30(2,3)33-29(38)40-20-10-7-11-35(16-20)28(37)19-12-21-25(23(13-19)39-5)34(4)26(32-21)22-14-24-27(31-17-41-24)36(22)15-18-8-6-9-18/h12-14,17-18,20H,6-11,15-16H2,1-5H3,(H,33,38)/t20-/m1/s1. The van der Waals surface area contributed by atoms with Crippen molar-refractivity contribution < 1.29 is 19.1 Å². The number of aromatic nitrogens is 4. The molecule has 2 amide bonds. The average molecular weight is 579 g/mol. The van der Waals surface area contributed by atoms with Crippen LogP contribution >= 0.6 is 11.3 Å². The van der Waals surface area contributed by atoms with Crippen molar-refractivity contribution in [2.75, 3.05) is 20.2 Å². The van der Waals surface area contributed by atoms with E-state index in [2.05, 4.69) is 25.5 Å². The smallest absolute Gasteiger partial charge is 0.407 e. The molecular formula is C30H38N6O4S. The molecule has 1 saturated heterocycles. The van der Waals surface area contributed by atoms with Gasteiger partial charge in [0.25, 0.3) is 5.91 Å². The predicted molar refractivity (Wildman–Crippen MR) is 160 cm³/mol. The van der Waals surface area contributed by atoms with Gasteiger partial charge >= 0.3 is 6.09 Å². The molecule has 1 N–H and O–H groups in total. The number of rotatable bonds is 6. The van der Waals surface area contributed by atoms with Crippen molar-refractivity contribution in [2.45, 2.75) is 71.1 Å². The summed E-state index contributed by atoms with van der Waals surface area (Å²) in [6.07, 6.45) is 4.44. The van der Waals surface area contributed by atoms with Crippen molar-refractivity contribution in [3.8, 4) is 17.3 Å². The maximum Gasteiger partial charge on any atom is 0.407 e. The summed E-state index contributed by atoms with van der Waals surface area (Å²) in [6, 6.07) is 5.82. The van der Waals surface area contributed by atoms with Crippen molar-refractivity contribution in [2.24, 2.45) is 13.0 Å². The molecule has 1 aromatic carbocycles. The van der Waals surface area contributed by atoms with E-state index in [1.807, 2.05) is 39.4 Å². The number of ether oxygens (including phenoxy) is 2. The number of nitrogens with one attached hydrogen (secondary N) is 1. The van der Waals surface area contributed by atoms with Crippen LogP contribution in [0.15, 0.2) is 23.7 Å². The van der Waals surface area contributed by atoms with Gasteiger partial charge in [0.1, 0.15) is 17.4 Å². The normalized spacial score (nSPS) is 18.1. The zero-order chi connectivity index (χ0) is 28.9. The lowest BCUT2D eigenvalue weighted by Crippen LogP contribution is -2.47. The summed E-state index contributed by atoms with van der Waals surface area (Å²) in [4.78, 5) is 37.5. The van der Waals surface area contributed by atoms with E-state index in [4.69, 9.17) is 14.5 Å². The molecule has 0 bridgehead atoms. The van der Waals surface area contributed by atoms with E-state index < -0.39 is 6.09 Å². The highest BCUT2D eigenvalue weighted by atomic mass is 32.1. The number of fused-ring (bicyclic) bond motifs is 2. The number of piperidine rings is 1. The number of hydrogen-bond acceptors (Lipinski definition) is 7. The number of likely N-dealkylation sites (tertiary alicyclic amines) is 1. The van der Waals surface area contributed by atoms with E-state index in [1.54, 1.807) is 29.4 Å². The van der Waals surface area contributed by atoms with Crippen LogP contribution in [-0.2, 0) is 18.3 Å². The SMILES string of the molecule is COc1cc(C(=O)N2CCC[C@@H](OC(=O)NC(C)(C)C)C2)cc2nc(-c3cc4scnc4n3CC3CCC3)n(C)c12. The number of amides is 2. The average Bonchev–Trinajstić information content (AvgIpc) is 3.57. The second-order valence-electron chi connectivity index (χ2n) is 12.3. The molecule has 1 aliphatic heterocycles. The Morgan fingerprint density at radius 2 is 1.95 bits per heavy atom. The number of hydrogen-bond donors (Lipinski definition) is 1. The third-order valence-corrected chi connectivity index (χ3v) is 8.87. The molecule has 2 aliphatic rings. The minimum absolute atomic E-state index is 0.125. The number of aryl methyl sites for hydroxylation is 1. The number of methoxy groups -OCH3 is 1. The van der Waals surface area contributed by atoms with Crippen LogP contribution in [0.2, 0.25) is 0 Å². The van der Waals surface area contributed by atoms with Crippen molar-refractivity contribution in [1.82, 2.24) is 29.3 Å². The van der Waals surface area contributed by atoms with Crippen LogP contribution in [0.3, 0.4) is 0 Å². The van der Waals surface area contributed by atoms with Gasteiger partial charge in [-0.3, -0.25) is 4.79 Å². The fourth-order valence-electron chi connectivity index (χ4n) is 5.88. The third kappa shape index (κ3) is 5.39. The van der Waals surface area contributed by atoms with Crippen molar-refractivity contribution in [3.05, 3.63) is 29.3 Å². The van der Waals surface area contributed by atoms with Gasteiger partial charge in [-0.2, -0.15) is 0 Å². The number of thiazole rings is 1. The van der Waals surface area contributed by atoms with Gasteiger partial charge in [0.05, 0.1) is 35.1 Å². The fourth-order valence-corrected chi connectivity index (χ4v) is 6.59. The molecule has 4 heterocycles. The molecule has 4 aromatic rings. The molecule has 218 valence electrons. The lowest BCUT2D eigenvalue weighted by molar-refractivity contribution is 0.0322. The van der Waals surface area contributed by atoms with Gasteiger partial charge in [-0.05, 0) is 70.6 Å². The van der Waals surface area contributed by atoms with E-state index in [-0.39, 0.29) is 17.6 Å². The number of nitrogens with zero attached hydrogens (tertiary/aromatic N) is 5. The zero-order valence-corrected chi connectivity index (χ0v) is 25.2.